The van der Waals surface area contributed by atoms with E-state index < -0.39 is 5.82 Å². The monoisotopic (exact) mass is 325 g/mol. The van der Waals surface area contributed by atoms with E-state index in [0.717, 1.165) is 5.69 Å². The number of carbonyl (C=O) groups is 1. The fraction of sp³-hybridized carbons (Fsp3) is 0.294. The molecule has 24 heavy (non-hydrogen) atoms. The molecular formula is C17H16FN5O. The molecule has 7 heteroatoms. The van der Waals surface area contributed by atoms with Crippen LogP contribution in [0.1, 0.15) is 21.7 Å². The summed E-state index contributed by atoms with van der Waals surface area (Å²) >= 11 is 0. The number of amides is 1. The van der Waals surface area contributed by atoms with Gasteiger partial charge in [-0.1, -0.05) is 12.1 Å². The lowest BCUT2D eigenvalue weighted by molar-refractivity contribution is 0.0741. The molecule has 0 radical (unpaired) electrons. The Kier molecular flexibility index (Phi) is 4.38. The Labute approximate surface area is 139 Å². The molecule has 1 amide bonds. The molecule has 0 saturated carbocycles. The predicted octanol–water partition coefficient (Wildman–Crippen LogP) is 1.76. The van der Waals surface area contributed by atoms with E-state index in [1.165, 1.54) is 12.1 Å². The summed E-state index contributed by atoms with van der Waals surface area (Å²) in [6, 6.07) is 9.63. The molecule has 0 spiro atoms. The highest BCUT2D eigenvalue weighted by Crippen LogP contribution is 2.16. The number of hydrogen-bond acceptors (Lipinski definition) is 5. The van der Waals surface area contributed by atoms with Crippen LogP contribution in [0, 0.1) is 24.1 Å². The van der Waals surface area contributed by atoms with Gasteiger partial charge in [0.25, 0.3) is 5.91 Å². The third kappa shape index (κ3) is 3.18. The third-order valence-electron chi connectivity index (χ3n) is 3.91. The van der Waals surface area contributed by atoms with Gasteiger partial charge in [-0.2, -0.15) is 5.26 Å². The molecular weight excluding hydrogens is 309 g/mol. The number of anilines is 1. The van der Waals surface area contributed by atoms with Crippen molar-refractivity contribution in [3.8, 4) is 6.07 Å². The summed E-state index contributed by atoms with van der Waals surface area (Å²) in [6.45, 7) is 3.78. The maximum Gasteiger partial charge on any atom is 0.256 e. The number of aryl methyl sites for hydroxylation is 1. The zero-order valence-electron chi connectivity index (χ0n) is 13.2. The second-order valence-corrected chi connectivity index (χ2v) is 5.57. The molecule has 3 rings (SSSR count). The zero-order valence-corrected chi connectivity index (χ0v) is 13.2. The molecule has 0 N–H and O–H groups in total. The minimum absolute atomic E-state index is 0.0875. The van der Waals surface area contributed by atoms with Crippen LogP contribution in [0.15, 0.2) is 30.3 Å². The summed E-state index contributed by atoms with van der Waals surface area (Å²) in [4.78, 5) is 24.5. The van der Waals surface area contributed by atoms with E-state index in [0.29, 0.717) is 37.8 Å². The van der Waals surface area contributed by atoms with Crippen molar-refractivity contribution in [1.82, 2.24) is 14.9 Å². The van der Waals surface area contributed by atoms with Crippen molar-refractivity contribution in [2.24, 2.45) is 0 Å². The van der Waals surface area contributed by atoms with Gasteiger partial charge in [0.1, 0.15) is 17.6 Å². The second-order valence-electron chi connectivity index (χ2n) is 5.57. The van der Waals surface area contributed by atoms with Crippen molar-refractivity contribution in [1.29, 1.82) is 5.26 Å². The number of nitriles is 1. The van der Waals surface area contributed by atoms with Crippen LogP contribution in [0.2, 0.25) is 0 Å². The third-order valence-corrected chi connectivity index (χ3v) is 3.91. The summed E-state index contributed by atoms with van der Waals surface area (Å²) in [5, 5.41) is 9.00. The number of benzene rings is 1. The molecule has 2 aromatic rings. The average molecular weight is 325 g/mol. The summed E-state index contributed by atoms with van der Waals surface area (Å²) in [5.74, 6) is -0.328. The van der Waals surface area contributed by atoms with Gasteiger partial charge in [0.2, 0.25) is 5.95 Å². The smallest absolute Gasteiger partial charge is 0.256 e. The van der Waals surface area contributed by atoms with Crippen LogP contribution in [0.4, 0.5) is 10.3 Å². The van der Waals surface area contributed by atoms with E-state index >= 15 is 0 Å². The van der Waals surface area contributed by atoms with Gasteiger partial charge < -0.3 is 9.80 Å². The van der Waals surface area contributed by atoms with Crippen molar-refractivity contribution in [2.45, 2.75) is 6.92 Å². The lowest BCUT2D eigenvalue weighted by atomic mass is 10.1. The number of rotatable bonds is 2. The Hall–Kier alpha value is -3.01. The largest absolute Gasteiger partial charge is 0.337 e. The number of piperazine rings is 1. The topological polar surface area (TPSA) is 73.1 Å². The molecule has 122 valence electrons. The molecule has 1 aliphatic rings. The van der Waals surface area contributed by atoms with Crippen molar-refractivity contribution < 1.29 is 9.18 Å². The first kappa shape index (κ1) is 15.9. The van der Waals surface area contributed by atoms with Gasteiger partial charge in [-0.3, -0.25) is 4.79 Å². The van der Waals surface area contributed by atoms with Crippen LogP contribution < -0.4 is 4.90 Å². The number of carbonyl (C=O) groups excluding carboxylic acids is 1. The average Bonchev–Trinajstić information content (AvgIpc) is 2.61. The molecule has 0 bridgehead atoms. The Balaban J connectivity index is 1.70. The minimum atomic E-state index is -0.509. The maximum absolute atomic E-state index is 13.8. The normalized spacial score (nSPS) is 14.4. The van der Waals surface area contributed by atoms with Gasteiger partial charge >= 0.3 is 0 Å². The van der Waals surface area contributed by atoms with Crippen molar-refractivity contribution in [3.63, 3.8) is 0 Å². The number of hydrogen-bond donors (Lipinski definition) is 0. The first-order valence-corrected chi connectivity index (χ1v) is 7.63. The first-order chi connectivity index (χ1) is 11.6. The Bertz CT molecular complexity index is 809. The van der Waals surface area contributed by atoms with Crippen LogP contribution in [-0.2, 0) is 0 Å². The molecule has 0 aliphatic carbocycles. The number of aromatic nitrogens is 2. The lowest BCUT2D eigenvalue weighted by Crippen LogP contribution is -2.49. The molecule has 1 fully saturated rings. The highest BCUT2D eigenvalue weighted by molar-refractivity contribution is 5.94. The number of halogens is 1. The predicted molar refractivity (Wildman–Crippen MR) is 86.0 cm³/mol. The van der Waals surface area contributed by atoms with Crippen LogP contribution >= 0.6 is 0 Å². The van der Waals surface area contributed by atoms with Crippen LogP contribution in [0.3, 0.4) is 0 Å². The van der Waals surface area contributed by atoms with E-state index in [1.807, 2.05) is 17.9 Å². The van der Waals surface area contributed by atoms with Crippen LogP contribution in [0.25, 0.3) is 0 Å². The van der Waals surface area contributed by atoms with Gasteiger partial charge in [0.15, 0.2) is 0 Å². The summed E-state index contributed by atoms with van der Waals surface area (Å²) < 4.78 is 13.8. The Morgan fingerprint density at radius 2 is 1.92 bits per heavy atom. The SMILES string of the molecule is Cc1cc(C#N)nc(N2CCN(C(=O)c3ccccc3F)CC2)n1. The minimum Gasteiger partial charge on any atom is -0.337 e. The molecule has 1 aromatic carbocycles. The molecule has 0 unspecified atom stereocenters. The van der Waals surface area contributed by atoms with Crippen molar-refractivity contribution >= 4 is 11.9 Å². The van der Waals surface area contributed by atoms with Gasteiger partial charge in [-0.15, -0.1) is 0 Å². The Morgan fingerprint density at radius 3 is 2.58 bits per heavy atom. The molecule has 1 aromatic heterocycles. The van der Waals surface area contributed by atoms with Gasteiger partial charge in [0, 0.05) is 31.9 Å². The fourth-order valence-corrected chi connectivity index (χ4v) is 2.67. The Morgan fingerprint density at radius 1 is 1.21 bits per heavy atom. The van der Waals surface area contributed by atoms with Crippen LogP contribution in [0.5, 0.6) is 0 Å². The van der Waals surface area contributed by atoms with E-state index in [9.17, 15) is 9.18 Å². The molecule has 2 heterocycles. The summed E-state index contributed by atoms with van der Waals surface area (Å²) in [7, 11) is 0. The van der Waals surface area contributed by atoms with E-state index in [1.54, 1.807) is 23.1 Å². The molecule has 0 atom stereocenters. The van der Waals surface area contributed by atoms with Crippen molar-refractivity contribution in [2.75, 3.05) is 31.1 Å². The maximum atomic E-state index is 13.8. The van der Waals surface area contributed by atoms with Crippen molar-refractivity contribution in [3.05, 3.63) is 53.1 Å². The highest BCUT2D eigenvalue weighted by atomic mass is 19.1. The lowest BCUT2D eigenvalue weighted by Gasteiger charge is -2.34. The second kappa shape index (κ2) is 6.62. The van der Waals surface area contributed by atoms with Gasteiger partial charge in [0.05, 0.1) is 5.56 Å². The van der Waals surface area contributed by atoms with Gasteiger partial charge in [-0.25, -0.2) is 14.4 Å². The standard InChI is InChI=1S/C17H16FN5O/c1-12-10-13(11-19)21-17(20-12)23-8-6-22(7-9-23)16(24)14-4-2-3-5-15(14)18/h2-5,10H,6-9H2,1H3. The van der Waals surface area contributed by atoms with E-state index in [2.05, 4.69) is 9.97 Å². The van der Waals surface area contributed by atoms with Crippen LogP contribution in [-0.4, -0.2) is 47.0 Å². The molecule has 6 nitrogen and oxygen atoms in total. The first-order valence-electron chi connectivity index (χ1n) is 7.63. The zero-order chi connectivity index (χ0) is 17.1. The van der Waals surface area contributed by atoms with E-state index in [4.69, 9.17) is 5.26 Å². The van der Waals surface area contributed by atoms with Gasteiger partial charge in [-0.05, 0) is 25.1 Å². The molecule has 1 saturated heterocycles. The summed E-state index contributed by atoms with van der Waals surface area (Å²) in [5.41, 5.74) is 1.13. The quantitative estimate of drug-likeness (QED) is 0.841. The number of nitrogens with zero attached hydrogens (tertiary/aromatic N) is 5. The summed E-state index contributed by atoms with van der Waals surface area (Å²) in [6.07, 6.45) is 0. The highest BCUT2D eigenvalue weighted by Gasteiger charge is 2.25. The molecule has 1 aliphatic heterocycles. The van der Waals surface area contributed by atoms with E-state index in [-0.39, 0.29) is 11.5 Å². The fourth-order valence-electron chi connectivity index (χ4n) is 2.67.